The van der Waals surface area contributed by atoms with E-state index in [4.69, 9.17) is 11.1 Å². The molecule has 0 aliphatic heterocycles. The Bertz CT molecular complexity index is 349. The minimum atomic E-state index is -0.569. The molecule has 9 heteroatoms. The average molecular weight is 268 g/mol. The molecule has 0 aromatic rings. The van der Waals surface area contributed by atoms with Crippen LogP contribution in [0.5, 0.6) is 0 Å². The SMILES string of the molecule is [N-]=[N+]=NCCCCC(=O)OC(=O)CCCCN=[N+]=[N-]. The molecule has 0 N–H and O–H groups in total. The van der Waals surface area contributed by atoms with Crippen molar-refractivity contribution in [3.05, 3.63) is 20.9 Å². The monoisotopic (exact) mass is 268 g/mol. The summed E-state index contributed by atoms with van der Waals surface area (Å²) >= 11 is 0. The Morgan fingerprint density at radius 1 is 0.842 bits per heavy atom. The van der Waals surface area contributed by atoms with E-state index in [2.05, 4.69) is 24.8 Å². The van der Waals surface area contributed by atoms with Gasteiger partial charge in [-0.15, -0.1) is 0 Å². The second-order valence-electron chi connectivity index (χ2n) is 3.67. The molecule has 0 radical (unpaired) electrons. The zero-order valence-electron chi connectivity index (χ0n) is 10.6. The number of ether oxygens (including phenoxy) is 1. The van der Waals surface area contributed by atoms with Gasteiger partial charge in [-0.3, -0.25) is 9.59 Å². The summed E-state index contributed by atoms with van der Waals surface area (Å²) in [6, 6.07) is 0. The predicted octanol–water partition coefficient (Wildman–Crippen LogP) is 3.02. The molecule has 0 amide bonds. The Balaban J connectivity index is 3.54. The van der Waals surface area contributed by atoms with E-state index < -0.39 is 11.9 Å². The van der Waals surface area contributed by atoms with Gasteiger partial charge in [-0.2, -0.15) is 0 Å². The van der Waals surface area contributed by atoms with Gasteiger partial charge in [0.25, 0.3) is 0 Å². The van der Waals surface area contributed by atoms with E-state index >= 15 is 0 Å². The smallest absolute Gasteiger partial charge is 0.313 e. The van der Waals surface area contributed by atoms with Gasteiger partial charge in [0, 0.05) is 35.8 Å². The van der Waals surface area contributed by atoms with Crippen LogP contribution >= 0.6 is 0 Å². The zero-order chi connectivity index (χ0) is 14.3. The van der Waals surface area contributed by atoms with Gasteiger partial charge in [0.05, 0.1) is 0 Å². The molecule has 0 aromatic carbocycles. The zero-order valence-corrected chi connectivity index (χ0v) is 10.6. The van der Waals surface area contributed by atoms with Crippen LogP contribution in [0.15, 0.2) is 10.2 Å². The maximum atomic E-state index is 11.2. The first-order valence-corrected chi connectivity index (χ1v) is 5.96. The van der Waals surface area contributed by atoms with Crippen LogP contribution in [-0.4, -0.2) is 25.0 Å². The lowest BCUT2D eigenvalue weighted by atomic mass is 10.2. The van der Waals surface area contributed by atoms with Crippen LogP contribution in [0.4, 0.5) is 0 Å². The topological polar surface area (TPSA) is 141 Å². The molecule has 0 bridgehead atoms. The van der Waals surface area contributed by atoms with Crippen LogP contribution < -0.4 is 0 Å². The summed E-state index contributed by atoms with van der Waals surface area (Å²) in [6.45, 7) is 0.661. The third kappa shape index (κ3) is 12.0. The van der Waals surface area contributed by atoms with E-state index in [9.17, 15) is 9.59 Å². The predicted molar refractivity (Wildman–Crippen MR) is 66.8 cm³/mol. The van der Waals surface area contributed by atoms with E-state index in [1.54, 1.807) is 0 Å². The van der Waals surface area contributed by atoms with Gasteiger partial charge < -0.3 is 4.74 Å². The van der Waals surface area contributed by atoms with Crippen molar-refractivity contribution in [3.8, 4) is 0 Å². The van der Waals surface area contributed by atoms with Gasteiger partial charge in [-0.25, -0.2) is 0 Å². The normalized spacial score (nSPS) is 9.05. The summed E-state index contributed by atoms with van der Waals surface area (Å²) in [5.74, 6) is -1.14. The lowest BCUT2D eigenvalue weighted by Crippen LogP contribution is -2.12. The van der Waals surface area contributed by atoms with Crippen molar-refractivity contribution in [1.29, 1.82) is 0 Å². The maximum Gasteiger partial charge on any atom is 0.313 e. The first kappa shape index (κ1) is 16.8. The van der Waals surface area contributed by atoms with Gasteiger partial charge >= 0.3 is 11.9 Å². The summed E-state index contributed by atoms with van der Waals surface area (Å²) in [4.78, 5) is 27.6. The van der Waals surface area contributed by atoms with Gasteiger partial charge in [-0.05, 0) is 36.7 Å². The highest BCUT2D eigenvalue weighted by molar-refractivity contribution is 5.85. The molecule has 104 valence electrons. The number of hydrogen-bond donors (Lipinski definition) is 0. The van der Waals surface area contributed by atoms with E-state index in [1.165, 1.54) is 0 Å². The molecule has 0 fully saturated rings. The van der Waals surface area contributed by atoms with Crippen molar-refractivity contribution < 1.29 is 14.3 Å². The molecule has 19 heavy (non-hydrogen) atoms. The fourth-order valence-corrected chi connectivity index (χ4v) is 1.22. The molecule has 0 aromatic heterocycles. The molecular weight excluding hydrogens is 252 g/mol. The van der Waals surface area contributed by atoms with Gasteiger partial charge in [0.2, 0.25) is 0 Å². The van der Waals surface area contributed by atoms with Crippen LogP contribution in [-0.2, 0) is 14.3 Å². The van der Waals surface area contributed by atoms with Crippen molar-refractivity contribution in [1.82, 2.24) is 0 Å². The van der Waals surface area contributed by atoms with Gasteiger partial charge in [0.15, 0.2) is 0 Å². The Morgan fingerprint density at radius 3 is 1.63 bits per heavy atom. The molecule has 0 aliphatic carbocycles. The minimum absolute atomic E-state index is 0.130. The average Bonchev–Trinajstić information content (AvgIpc) is 2.38. The maximum absolute atomic E-state index is 11.2. The lowest BCUT2D eigenvalue weighted by Gasteiger charge is -2.02. The molecule has 0 saturated heterocycles. The highest BCUT2D eigenvalue weighted by atomic mass is 16.6. The summed E-state index contributed by atoms with van der Waals surface area (Å²) in [6.07, 6.45) is 2.46. The fourth-order valence-electron chi connectivity index (χ4n) is 1.22. The Kier molecular flexibility index (Phi) is 10.8. The van der Waals surface area contributed by atoms with E-state index in [1.807, 2.05) is 0 Å². The van der Waals surface area contributed by atoms with Crippen molar-refractivity contribution in [3.63, 3.8) is 0 Å². The Labute approximate surface area is 110 Å². The minimum Gasteiger partial charge on any atom is -0.393 e. The van der Waals surface area contributed by atoms with Crippen LogP contribution in [0.3, 0.4) is 0 Å². The first-order chi connectivity index (χ1) is 9.20. The van der Waals surface area contributed by atoms with E-state index in [0.717, 1.165) is 0 Å². The quantitative estimate of drug-likeness (QED) is 0.150. The number of nitrogens with zero attached hydrogens (tertiary/aromatic N) is 6. The molecule has 0 rings (SSSR count). The van der Waals surface area contributed by atoms with Crippen LogP contribution in [0, 0.1) is 0 Å². The number of rotatable bonds is 10. The Morgan fingerprint density at radius 2 is 1.26 bits per heavy atom. The molecule has 0 saturated carbocycles. The summed E-state index contributed by atoms with van der Waals surface area (Å²) in [5.41, 5.74) is 16.1. The van der Waals surface area contributed by atoms with Crippen LogP contribution in [0.25, 0.3) is 20.9 Å². The van der Waals surface area contributed by atoms with Crippen LogP contribution in [0.2, 0.25) is 0 Å². The van der Waals surface area contributed by atoms with Gasteiger partial charge in [-0.1, -0.05) is 10.2 Å². The van der Waals surface area contributed by atoms with Crippen molar-refractivity contribution in [2.24, 2.45) is 10.2 Å². The lowest BCUT2D eigenvalue weighted by molar-refractivity contribution is -0.159. The Hall–Kier alpha value is -2.24. The number of esters is 2. The van der Waals surface area contributed by atoms with Crippen LogP contribution in [0.1, 0.15) is 38.5 Å². The molecule has 9 nitrogen and oxygen atoms in total. The third-order valence-corrected chi connectivity index (χ3v) is 2.13. The third-order valence-electron chi connectivity index (χ3n) is 2.13. The second kappa shape index (κ2) is 12.2. The summed E-state index contributed by atoms with van der Waals surface area (Å²) in [7, 11) is 0. The van der Waals surface area contributed by atoms with Crippen molar-refractivity contribution in [2.45, 2.75) is 38.5 Å². The second-order valence-corrected chi connectivity index (χ2v) is 3.67. The highest BCUT2D eigenvalue weighted by Gasteiger charge is 2.09. The highest BCUT2D eigenvalue weighted by Crippen LogP contribution is 2.02. The number of hydrogen-bond acceptors (Lipinski definition) is 5. The number of azide groups is 2. The molecular formula is C10H16N6O3. The molecule has 0 spiro atoms. The van der Waals surface area contributed by atoms with Gasteiger partial charge in [0.1, 0.15) is 0 Å². The molecule has 0 aliphatic rings. The summed E-state index contributed by atoms with van der Waals surface area (Å²) in [5, 5.41) is 6.64. The van der Waals surface area contributed by atoms with Crippen molar-refractivity contribution >= 4 is 11.9 Å². The number of unbranched alkanes of at least 4 members (excludes halogenated alkanes) is 2. The number of carbonyl (C=O) groups is 2. The standard InChI is InChI=1S/C10H16N6O3/c11-15-13-7-3-1-5-9(17)19-10(18)6-2-4-8-14-16-12/h1-8H2. The number of carbonyl (C=O) groups excluding carboxylic acids is 2. The molecule has 0 atom stereocenters. The van der Waals surface area contributed by atoms with E-state index in [0.29, 0.717) is 38.8 Å². The first-order valence-electron chi connectivity index (χ1n) is 5.96. The fraction of sp³-hybridized carbons (Fsp3) is 0.800. The summed E-state index contributed by atoms with van der Waals surface area (Å²) < 4.78 is 4.58. The molecule has 0 heterocycles. The molecule has 0 unspecified atom stereocenters. The van der Waals surface area contributed by atoms with E-state index in [-0.39, 0.29) is 12.8 Å². The largest absolute Gasteiger partial charge is 0.393 e. The van der Waals surface area contributed by atoms with Crippen molar-refractivity contribution in [2.75, 3.05) is 13.1 Å².